The second-order valence-corrected chi connectivity index (χ2v) is 8.35. The molecule has 9 heteroatoms. The largest absolute Gasteiger partial charge is 0.350 e. The third-order valence-corrected chi connectivity index (χ3v) is 5.92. The Kier molecular flexibility index (Phi) is 6.74. The molecule has 4 N–H and O–H groups in total. The number of hydrogen-bond acceptors (Lipinski definition) is 5. The first-order chi connectivity index (χ1) is 12.2. The highest BCUT2D eigenvalue weighted by molar-refractivity contribution is 7.89. The number of nitrogens with one attached hydrogen (secondary N) is 4. The second kappa shape index (κ2) is 8.61. The van der Waals surface area contributed by atoms with Gasteiger partial charge in [-0.2, -0.15) is 4.72 Å². The van der Waals surface area contributed by atoms with E-state index in [1.54, 1.807) is 0 Å². The van der Waals surface area contributed by atoms with Gasteiger partial charge in [0.25, 0.3) is 0 Å². The van der Waals surface area contributed by atoms with Gasteiger partial charge >= 0.3 is 0 Å². The van der Waals surface area contributed by atoms with Gasteiger partial charge in [-0.15, -0.1) is 0 Å². The van der Waals surface area contributed by atoms with Crippen molar-refractivity contribution >= 4 is 27.5 Å². The number of carbonyl (C=O) groups excluding carboxylic acids is 2. The molecule has 0 saturated carbocycles. The maximum absolute atomic E-state index is 12.4. The lowest BCUT2D eigenvalue weighted by Crippen LogP contribution is -2.54. The van der Waals surface area contributed by atoms with Gasteiger partial charge in [-0.05, 0) is 50.1 Å². The average Bonchev–Trinajstić information content (AvgIpc) is 2.56. The van der Waals surface area contributed by atoms with Crippen LogP contribution in [0.4, 0.5) is 5.69 Å². The molecule has 0 radical (unpaired) electrons. The standard InChI is InChI=1S/C17H26N4O4S/c1-11-8-9-18-10-16(11)20-17(23)12(2)21-26(24,25)15-6-4-14(5-7-15)19-13(3)22/h4-7,11-12,16,18,21H,8-10H2,1-3H3,(H,19,22)(H,20,23). The fourth-order valence-corrected chi connectivity index (χ4v) is 3.97. The van der Waals surface area contributed by atoms with Crippen LogP contribution in [0.1, 0.15) is 27.2 Å². The Bertz CT molecular complexity index is 749. The highest BCUT2D eigenvalue weighted by atomic mass is 32.2. The van der Waals surface area contributed by atoms with E-state index in [0.717, 1.165) is 13.0 Å². The Morgan fingerprint density at radius 3 is 2.46 bits per heavy atom. The fourth-order valence-electron chi connectivity index (χ4n) is 2.77. The molecule has 2 amide bonds. The van der Waals surface area contributed by atoms with Gasteiger partial charge < -0.3 is 16.0 Å². The number of benzene rings is 1. The summed E-state index contributed by atoms with van der Waals surface area (Å²) in [6.45, 7) is 6.55. The van der Waals surface area contributed by atoms with Crippen LogP contribution >= 0.6 is 0 Å². The SMILES string of the molecule is CC(=O)Nc1ccc(S(=O)(=O)NC(C)C(=O)NC2CNCCC2C)cc1. The first-order valence-electron chi connectivity index (χ1n) is 8.60. The summed E-state index contributed by atoms with van der Waals surface area (Å²) in [6, 6.07) is 4.84. The molecule has 2 rings (SSSR count). The van der Waals surface area contributed by atoms with Gasteiger partial charge in [0.2, 0.25) is 21.8 Å². The van der Waals surface area contributed by atoms with Gasteiger partial charge in [0.15, 0.2) is 0 Å². The molecule has 3 unspecified atom stereocenters. The minimum absolute atomic E-state index is 0.0138. The fraction of sp³-hybridized carbons (Fsp3) is 0.529. The van der Waals surface area contributed by atoms with E-state index in [-0.39, 0.29) is 22.8 Å². The predicted molar refractivity (Wildman–Crippen MR) is 99.1 cm³/mol. The molecule has 1 fully saturated rings. The Hall–Kier alpha value is -1.97. The van der Waals surface area contributed by atoms with Gasteiger partial charge in [0.05, 0.1) is 10.9 Å². The molecule has 0 bridgehead atoms. The third kappa shape index (κ3) is 5.52. The van der Waals surface area contributed by atoms with Crippen LogP contribution in [0.25, 0.3) is 0 Å². The van der Waals surface area contributed by atoms with E-state index in [4.69, 9.17) is 0 Å². The van der Waals surface area contributed by atoms with Crippen LogP contribution in [0, 0.1) is 5.92 Å². The van der Waals surface area contributed by atoms with Crippen molar-refractivity contribution in [2.75, 3.05) is 18.4 Å². The number of rotatable bonds is 6. The van der Waals surface area contributed by atoms with E-state index < -0.39 is 16.1 Å². The Labute approximate surface area is 154 Å². The van der Waals surface area contributed by atoms with Crippen LogP contribution in [-0.4, -0.2) is 45.4 Å². The molecule has 0 aliphatic carbocycles. The monoisotopic (exact) mass is 382 g/mol. The van der Waals surface area contributed by atoms with Crippen molar-refractivity contribution in [3.63, 3.8) is 0 Å². The second-order valence-electron chi connectivity index (χ2n) is 6.63. The molecule has 1 aliphatic rings. The quantitative estimate of drug-likeness (QED) is 0.569. The first-order valence-corrected chi connectivity index (χ1v) is 10.1. The smallest absolute Gasteiger partial charge is 0.241 e. The molecular formula is C17H26N4O4S. The Balaban J connectivity index is 1.98. The Morgan fingerprint density at radius 2 is 1.88 bits per heavy atom. The van der Waals surface area contributed by atoms with Crippen molar-refractivity contribution in [1.82, 2.24) is 15.4 Å². The lowest BCUT2D eigenvalue weighted by Gasteiger charge is -2.31. The van der Waals surface area contributed by atoms with Gasteiger partial charge in [0.1, 0.15) is 0 Å². The van der Waals surface area contributed by atoms with Crippen molar-refractivity contribution in [2.45, 2.75) is 44.2 Å². The van der Waals surface area contributed by atoms with Crippen molar-refractivity contribution in [1.29, 1.82) is 0 Å². The summed E-state index contributed by atoms with van der Waals surface area (Å²) >= 11 is 0. The van der Waals surface area contributed by atoms with Gasteiger partial charge in [0, 0.05) is 25.2 Å². The summed E-state index contributed by atoms with van der Waals surface area (Å²) in [4.78, 5) is 23.4. The minimum Gasteiger partial charge on any atom is -0.350 e. The summed E-state index contributed by atoms with van der Waals surface area (Å²) in [6.07, 6.45) is 0.964. The highest BCUT2D eigenvalue weighted by Gasteiger charge is 2.27. The zero-order valence-corrected chi connectivity index (χ0v) is 16.0. The average molecular weight is 382 g/mol. The molecule has 144 valence electrons. The zero-order chi connectivity index (χ0) is 19.3. The topological polar surface area (TPSA) is 116 Å². The number of carbonyl (C=O) groups is 2. The molecule has 3 atom stereocenters. The van der Waals surface area contributed by atoms with E-state index >= 15 is 0 Å². The number of amides is 2. The molecule has 1 heterocycles. The molecule has 0 aromatic heterocycles. The van der Waals surface area contributed by atoms with Crippen molar-refractivity contribution < 1.29 is 18.0 Å². The van der Waals surface area contributed by atoms with Crippen molar-refractivity contribution in [3.05, 3.63) is 24.3 Å². The maximum Gasteiger partial charge on any atom is 0.241 e. The summed E-state index contributed by atoms with van der Waals surface area (Å²) < 4.78 is 27.3. The van der Waals surface area contributed by atoms with Gasteiger partial charge in [-0.3, -0.25) is 9.59 Å². The summed E-state index contributed by atoms with van der Waals surface area (Å²) in [7, 11) is -3.84. The van der Waals surface area contributed by atoms with E-state index in [0.29, 0.717) is 18.2 Å². The van der Waals surface area contributed by atoms with E-state index in [9.17, 15) is 18.0 Å². The molecule has 1 saturated heterocycles. The number of hydrogen-bond donors (Lipinski definition) is 4. The van der Waals surface area contributed by atoms with Crippen LogP contribution in [-0.2, 0) is 19.6 Å². The van der Waals surface area contributed by atoms with Crippen molar-refractivity contribution in [3.8, 4) is 0 Å². The molecule has 1 aliphatic heterocycles. The first kappa shape index (κ1) is 20.3. The van der Waals surface area contributed by atoms with Crippen LogP contribution < -0.4 is 20.7 Å². The van der Waals surface area contributed by atoms with Crippen LogP contribution in [0.15, 0.2) is 29.2 Å². The Morgan fingerprint density at radius 1 is 1.23 bits per heavy atom. The molecule has 0 spiro atoms. The summed E-state index contributed by atoms with van der Waals surface area (Å²) in [5.41, 5.74) is 0.501. The summed E-state index contributed by atoms with van der Waals surface area (Å²) in [5.74, 6) is -0.259. The van der Waals surface area contributed by atoms with Crippen LogP contribution in [0.5, 0.6) is 0 Å². The highest BCUT2D eigenvalue weighted by Crippen LogP contribution is 2.15. The van der Waals surface area contributed by atoms with E-state index in [1.807, 2.05) is 0 Å². The van der Waals surface area contributed by atoms with Crippen molar-refractivity contribution in [2.24, 2.45) is 5.92 Å². The molecule has 1 aromatic carbocycles. The maximum atomic E-state index is 12.4. The van der Waals surface area contributed by atoms with Gasteiger partial charge in [-0.1, -0.05) is 6.92 Å². The van der Waals surface area contributed by atoms with Crippen LogP contribution in [0.3, 0.4) is 0 Å². The molecular weight excluding hydrogens is 356 g/mol. The summed E-state index contributed by atoms with van der Waals surface area (Å²) in [5, 5.41) is 8.68. The number of anilines is 1. The van der Waals surface area contributed by atoms with Crippen LogP contribution in [0.2, 0.25) is 0 Å². The lowest BCUT2D eigenvalue weighted by molar-refractivity contribution is -0.123. The number of sulfonamides is 1. The zero-order valence-electron chi connectivity index (χ0n) is 15.2. The third-order valence-electron chi connectivity index (χ3n) is 4.37. The van der Waals surface area contributed by atoms with E-state index in [1.165, 1.54) is 38.1 Å². The predicted octanol–water partition coefficient (Wildman–Crippen LogP) is 0.426. The van der Waals surface area contributed by atoms with Gasteiger partial charge in [-0.25, -0.2) is 8.42 Å². The minimum atomic E-state index is -3.84. The molecule has 26 heavy (non-hydrogen) atoms. The lowest BCUT2D eigenvalue weighted by atomic mass is 9.94. The normalized spacial score (nSPS) is 21.7. The molecule has 1 aromatic rings. The van der Waals surface area contributed by atoms with E-state index in [2.05, 4.69) is 27.6 Å². The number of piperidine rings is 1. The molecule has 8 nitrogen and oxygen atoms in total.